The number of nitriles is 1. The molecule has 0 aromatic heterocycles. The molecule has 3 nitrogen and oxygen atoms in total. The number of allylic oxidation sites excluding steroid dienone is 3. The van der Waals surface area contributed by atoms with E-state index in [0.29, 0.717) is 13.0 Å². The molecule has 0 spiro atoms. The monoisotopic (exact) mass is 233 g/mol. The van der Waals surface area contributed by atoms with Crippen LogP contribution in [0.1, 0.15) is 40.5 Å². The van der Waals surface area contributed by atoms with E-state index < -0.39 is 5.97 Å². The Morgan fingerprint density at radius 3 is 2.71 bits per heavy atom. The smallest absolute Gasteiger partial charge is 0.348 e. The first-order chi connectivity index (χ1) is 7.89. The van der Waals surface area contributed by atoms with E-state index in [1.807, 2.05) is 13.0 Å². The molecule has 92 valence electrons. The number of hydrogen-bond donors (Lipinski definition) is 0. The van der Waals surface area contributed by atoms with E-state index in [1.54, 1.807) is 6.92 Å². The van der Waals surface area contributed by atoms with E-state index in [-0.39, 0.29) is 11.0 Å². The number of ether oxygens (including phenoxy) is 1. The predicted octanol–water partition coefficient (Wildman–Crippen LogP) is 3.14. The van der Waals surface area contributed by atoms with Gasteiger partial charge in [-0.2, -0.15) is 5.26 Å². The van der Waals surface area contributed by atoms with Crippen molar-refractivity contribution in [2.45, 2.75) is 40.5 Å². The molecule has 0 saturated heterocycles. The van der Waals surface area contributed by atoms with Crippen molar-refractivity contribution in [1.82, 2.24) is 0 Å². The second-order valence-corrected chi connectivity index (χ2v) is 5.14. The molecular weight excluding hydrogens is 214 g/mol. The summed E-state index contributed by atoms with van der Waals surface area (Å²) in [5, 5.41) is 9.10. The van der Waals surface area contributed by atoms with Gasteiger partial charge >= 0.3 is 5.97 Å². The first-order valence-electron chi connectivity index (χ1n) is 5.87. The van der Waals surface area contributed by atoms with Crippen molar-refractivity contribution < 1.29 is 9.53 Å². The Kier molecular flexibility index (Phi) is 4.11. The van der Waals surface area contributed by atoms with Crippen LogP contribution in [0.4, 0.5) is 0 Å². The minimum absolute atomic E-state index is 0.00621. The molecule has 0 aliphatic heterocycles. The van der Waals surface area contributed by atoms with E-state index in [0.717, 1.165) is 12.0 Å². The highest BCUT2D eigenvalue weighted by molar-refractivity contribution is 5.93. The molecule has 1 aliphatic carbocycles. The first-order valence-corrected chi connectivity index (χ1v) is 5.87. The van der Waals surface area contributed by atoms with Crippen molar-refractivity contribution in [3.05, 3.63) is 22.8 Å². The van der Waals surface area contributed by atoms with Crippen LogP contribution in [0.15, 0.2) is 22.8 Å². The van der Waals surface area contributed by atoms with Crippen molar-refractivity contribution >= 4 is 5.97 Å². The van der Waals surface area contributed by atoms with Gasteiger partial charge in [0.05, 0.1) is 6.61 Å². The average Bonchev–Trinajstić information content (AvgIpc) is 2.15. The zero-order valence-corrected chi connectivity index (χ0v) is 11.0. The summed E-state index contributed by atoms with van der Waals surface area (Å²) in [6.45, 7) is 8.29. The van der Waals surface area contributed by atoms with Crippen LogP contribution in [0, 0.1) is 16.7 Å². The van der Waals surface area contributed by atoms with Crippen LogP contribution in [-0.2, 0) is 9.53 Å². The Hall–Kier alpha value is -1.56. The van der Waals surface area contributed by atoms with E-state index >= 15 is 0 Å². The lowest BCUT2D eigenvalue weighted by Gasteiger charge is -2.29. The maximum Gasteiger partial charge on any atom is 0.348 e. The molecular formula is C14H19NO2. The molecule has 0 N–H and O–H groups in total. The Balaban J connectivity index is 3.09. The minimum atomic E-state index is -0.490. The molecule has 3 heteroatoms. The van der Waals surface area contributed by atoms with Crippen molar-refractivity contribution in [3.8, 4) is 6.07 Å². The van der Waals surface area contributed by atoms with Crippen molar-refractivity contribution in [2.24, 2.45) is 5.41 Å². The molecule has 0 fully saturated rings. The Labute approximate surface area is 103 Å². The Bertz CT molecular complexity index is 422. The van der Waals surface area contributed by atoms with Gasteiger partial charge in [-0.1, -0.05) is 25.5 Å². The topological polar surface area (TPSA) is 50.1 Å². The number of esters is 1. The molecule has 0 unspecified atom stereocenters. The first kappa shape index (κ1) is 13.5. The molecule has 0 heterocycles. The summed E-state index contributed by atoms with van der Waals surface area (Å²) in [5.41, 5.74) is 2.29. The van der Waals surface area contributed by atoms with Gasteiger partial charge in [-0.25, -0.2) is 4.79 Å². The summed E-state index contributed by atoms with van der Waals surface area (Å²) < 4.78 is 4.91. The van der Waals surface area contributed by atoms with Gasteiger partial charge in [-0.15, -0.1) is 0 Å². The molecule has 0 radical (unpaired) electrons. The molecule has 0 aromatic rings. The third-order valence-corrected chi connectivity index (χ3v) is 2.74. The fourth-order valence-corrected chi connectivity index (χ4v) is 2.37. The van der Waals surface area contributed by atoms with E-state index in [4.69, 9.17) is 10.00 Å². The lowest BCUT2D eigenvalue weighted by Crippen LogP contribution is -2.18. The van der Waals surface area contributed by atoms with E-state index in [1.165, 1.54) is 5.57 Å². The summed E-state index contributed by atoms with van der Waals surface area (Å²) in [4.78, 5) is 11.7. The van der Waals surface area contributed by atoms with Crippen LogP contribution >= 0.6 is 0 Å². The molecule has 0 bridgehead atoms. The third kappa shape index (κ3) is 3.45. The Morgan fingerprint density at radius 2 is 2.24 bits per heavy atom. The summed E-state index contributed by atoms with van der Waals surface area (Å²) in [6.07, 6.45) is 3.65. The number of carbonyl (C=O) groups excluding carboxylic acids is 1. The largest absolute Gasteiger partial charge is 0.462 e. The van der Waals surface area contributed by atoms with Gasteiger partial charge in [-0.3, -0.25) is 0 Å². The lowest BCUT2D eigenvalue weighted by atomic mass is 9.76. The highest BCUT2D eigenvalue weighted by Gasteiger charge is 2.27. The average molecular weight is 233 g/mol. The number of carbonyl (C=O) groups is 1. The van der Waals surface area contributed by atoms with Gasteiger partial charge in [0.1, 0.15) is 11.6 Å². The summed E-state index contributed by atoms with van der Waals surface area (Å²) in [6, 6.07) is 1.99. The van der Waals surface area contributed by atoms with Crippen LogP contribution in [-0.4, -0.2) is 12.6 Å². The number of rotatable bonds is 2. The number of nitrogens with zero attached hydrogens (tertiary/aromatic N) is 1. The summed E-state index contributed by atoms with van der Waals surface area (Å²) in [7, 11) is 0. The highest BCUT2D eigenvalue weighted by Crippen LogP contribution is 2.37. The van der Waals surface area contributed by atoms with E-state index in [2.05, 4.69) is 19.9 Å². The molecule has 1 rings (SSSR count). The van der Waals surface area contributed by atoms with Crippen molar-refractivity contribution in [1.29, 1.82) is 5.26 Å². The van der Waals surface area contributed by atoms with Gasteiger partial charge in [-0.05, 0) is 37.7 Å². The van der Waals surface area contributed by atoms with Crippen LogP contribution in [0.25, 0.3) is 0 Å². The Morgan fingerprint density at radius 1 is 1.59 bits per heavy atom. The maximum atomic E-state index is 11.7. The predicted molar refractivity (Wildman–Crippen MR) is 66.0 cm³/mol. The SMILES string of the molecule is CCOC(=O)/C(C#N)=C1\CC(C)=CC(C)(C)C1. The van der Waals surface area contributed by atoms with Gasteiger partial charge in [0.25, 0.3) is 0 Å². The second kappa shape index (κ2) is 5.18. The van der Waals surface area contributed by atoms with Gasteiger partial charge in [0.15, 0.2) is 0 Å². The van der Waals surface area contributed by atoms with Crippen LogP contribution in [0.5, 0.6) is 0 Å². The standard InChI is InChI=1S/C14H19NO2/c1-5-17-13(16)12(9-15)11-6-10(2)7-14(3,4)8-11/h7H,5-6,8H2,1-4H3/b12-11+. The maximum absolute atomic E-state index is 11.7. The fraction of sp³-hybridized carbons (Fsp3) is 0.571. The molecule has 0 atom stereocenters. The van der Waals surface area contributed by atoms with Crippen molar-refractivity contribution in [3.63, 3.8) is 0 Å². The minimum Gasteiger partial charge on any atom is -0.462 e. The summed E-state index contributed by atoms with van der Waals surface area (Å²) in [5.74, 6) is -0.490. The highest BCUT2D eigenvalue weighted by atomic mass is 16.5. The third-order valence-electron chi connectivity index (χ3n) is 2.74. The van der Waals surface area contributed by atoms with Crippen molar-refractivity contribution in [2.75, 3.05) is 6.61 Å². The van der Waals surface area contributed by atoms with Gasteiger partial charge in [0, 0.05) is 0 Å². The summed E-state index contributed by atoms with van der Waals surface area (Å²) >= 11 is 0. The quantitative estimate of drug-likeness (QED) is 0.318. The zero-order chi connectivity index (χ0) is 13.1. The molecule has 17 heavy (non-hydrogen) atoms. The second-order valence-electron chi connectivity index (χ2n) is 5.14. The van der Waals surface area contributed by atoms with Crippen LogP contribution < -0.4 is 0 Å². The van der Waals surface area contributed by atoms with Gasteiger partial charge in [0.2, 0.25) is 0 Å². The van der Waals surface area contributed by atoms with Crippen LogP contribution in [0.2, 0.25) is 0 Å². The number of hydrogen-bond acceptors (Lipinski definition) is 3. The molecule has 0 aromatic carbocycles. The molecule has 0 amide bonds. The normalized spacial score (nSPS) is 21.2. The molecule has 0 saturated carbocycles. The molecule has 1 aliphatic rings. The van der Waals surface area contributed by atoms with E-state index in [9.17, 15) is 4.79 Å². The zero-order valence-electron chi connectivity index (χ0n) is 11.0. The van der Waals surface area contributed by atoms with Crippen LogP contribution in [0.3, 0.4) is 0 Å². The lowest BCUT2D eigenvalue weighted by molar-refractivity contribution is -0.138. The fourth-order valence-electron chi connectivity index (χ4n) is 2.37. The van der Waals surface area contributed by atoms with Gasteiger partial charge < -0.3 is 4.74 Å².